The third kappa shape index (κ3) is 2.04. The van der Waals surface area contributed by atoms with Crippen molar-refractivity contribution >= 4 is 22.6 Å². The predicted molar refractivity (Wildman–Crippen MR) is 64.1 cm³/mol. The lowest BCUT2D eigenvalue weighted by molar-refractivity contribution is 0.0343. The van der Waals surface area contributed by atoms with Crippen molar-refractivity contribution in [3.63, 3.8) is 0 Å². The molecule has 2 rings (SSSR count). The highest BCUT2D eigenvalue weighted by atomic mass is 19.2. The van der Waals surface area contributed by atoms with Crippen molar-refractivity contribution in [2.24, 2.45) is 0 Å². The standard InChI is InChI=1S/C12H12FN3O/c1-7-5-9-6-8(12(17)16(2)13)3-4-10(9)15-11(7)14/h3-6H,1-2H3,(H2,14,15). The average molecular weight is 233 g/mol. The highest BCUT2D eigenvalue weighted by Gasteiger charge is 2.11. The zero-order chi connectivity index (χ0) is 12.6. The number of nitrogens with zero attached hydrogens (tertiary/aromatic N) is 2. The van der Waals surface area contributed by atoms with Crippen molar-refractivity contribution in [2.75, 3.05) is 12.8 Å². The van der Waals surface area contributed by atoms with Crippen LogP contribution in [0.3, 0.4) is 0 Å². The summed E-state index contributed by atoms with van der Waals surface area (Å²) in [6.45, 7) is 1.83. The minimum absolute atomic E-state index is 0.0543. The van der Waals surface area contributed by atoms with Gasteiger partial charge in [-0.05, 0) is 36.8 Å². The summed E-state index contributed by atoms with van der Waals surface area (Å²) in [6, 6.07) is 6.62. The van der Waals surface area contributed by atoms with E-state index in [1.165, 1.54) is 6.07 Å². The third-order valence-electron chi connectivity index (χ3n) is 2.57. The van der Waals surface area contributed by atoms with Crippen LogP contribution in [0.4, 0.5) is 10.3 Å². The molecule has 17 heavy (non-hydrogen) atoms. The molecule has 5 heteroatoms. The van der Waals surface area contributed by atoms with Gasteiger partial charge in [-0.1, -0.05) is 4.48 Å². The number of halogens is 1. The van der Waals surface area contributed by atoms with Gasteiger partial charge < -0.3 is 5.73 Å². The summed E-state index contributed by atoms with van der Waals surface area (Å²) in [6.07, 6.45) is 0. The summed E-state index contributed by atoms with van der Waals surface area (Å²) >= 11 is 0. The highest BCUT2D eigenvalue weighted by molar-refractivity contribution is 5.97. The number of aromatic nitrogens is 1. The van der Waals surface area contributed by atoms with Crippen LogP contribution >= 0.6 is 0 Å². The van der Waals surface area contributed by atoms with Crippen LogP contribution in [-0.2, 0) is 0 Å². The Kier molecular flexibility index (Phi) is 2.67. The van der Waals surface area contributed by atoms with Crippen LogP contribution in [-0.4, -0.2) is 23.1 Å². The van der Waals surface area contributed by atoms with E-state index in [0.29, 0.717) is 11.3 Å². The quantitative estimate of drug-likeness (QED) is 0.767. The predicted octanol–water partition coefficient (Wildman–Crippen LogP) is 2.08. The van der Waals surface area contributed by atoms with Crippen LogP contribution < -0.4 is 5.73 Å². The van der Waals surface area contributed by atoms with E-state index < -0.39 is 5.91 Å². The van der Waals surface area contributed by atoms with Crippen molar-refractivity contribution < 1.29 is 9.28 Å². The Morgan fingerprint density at radius 1 is 1.41 bits per heavy atom. The summed E-state index contributed by atoms with van der Waals surface area (Å²) in [5.41, 5.74) is 7.49. The second-order valence-electron chi connectivity index (χ2n) is 3.88. The molecule has 0 aliphatic rings. The number of benzene rings is 1. The lowest BCUT2D eigenvalue weighted by Crippen LogP contribution is -2.17. The Morgan fingerprint density at radius 2 is 2.12 bits per heavy atom. The Hall–Kier alpha value is -2.17. The molecule has 4 nitrogen and oxygen atoms in total. The van der Waals surface area contributed by atoms with Gasteiger partial charge in [0, 0.05) is 18.0 Å². The molecule has 0 spiro atoms. The van der Waals surface area contributed by atoms with Crippen molar-refractivity contribution in [1.29, 1.82) is 0 Å². The van der Waals surface area contributed by atoms with Crippen molar-refractivity contribution in [2.45, 2.75) is 6.92 Å². The number of rotatable bonds is 1. The molecule has 0 radical (unpaired) electrons. The first-order valence-electron chi connectivity index (χ1n) is 5.10. The maximum atomic E-state index is 12.8. The Balaban J connectivity index is 2.58. The smallest absolute Gasteiger partial charge is 0.281 e. The molecule has 1 aromatic carbocycles. The second kappa shape index (κ2) is 4.01. The number of carbonyl (C=O) groups is 1. The van der Waals surface area contributed by atoms with E-state index in [2.05, 4.69) is 4.98 Å². The van der Waals surface area contributed by atoms with Gasteiger partial charge in [-0.15, -0.1) is 0 Å². The van der Waals surface area contributed by atoms with Crippen LogP contribution in [0.15, 0.2) is 24.3 Å². The van der Waals surface area contributed by atoms with Gasteiger partial charge in [0.25, 0.3) is 5.91 Å². The largest absolute Gasteiger partial charge is 0.383 e. The number of aryl methyl sites for hydroxylation is 1. The second-order valence-corrected chi connectivity index (χ2v) is 3.88. The number of nitrogen functional groups attached to an aromatic ring is 1. The fourth-order valence-corrected chi connectivity index (χ4v) is 1.61. The molecule has 1 amide bonds. The zero-order valence-electron chi connectivity index (χ0n) is 9.57. The van der Waals surface area contributed by atoms with Gasteiger partial charge in [0.05, 0.1) is 5.52 Å². The summed E-state index contributed by atoms with van der Waals surface area (Å²) < 4.78 is 12.8. The minimum Gasteiger partial charge on any atom is -0.383 e. The molecule has 0 aliphatic carbocycles. The lowest BCUT2D eigenvalue weighted by atomic mass is 10.1. The Bertz CT molecular complexity index is 596. The fraction of sp³-hybridized carbons (Fsp3) is 0.167. The van der Waals surface area contributed by atoms with Gasteiger partial charge in [0.1, 0.15) is 5.82 Å². The van der Waals surface area contributed by atoms with E-state index >= 15 is 0 Å². The average Bonchev–Trinajstić information content (AvgIpc) is 2.29. The van der Waals surface area contributed by atoms with Gasteiger partial charge in [-0.3, -0.25) is 4.79 Å². The number of carbonyl (C=O) groups excluding carboxylic acids is 1. The SMILES string of the molecule is Cc1cc2cc(C(=O)N(C)F)ccc2nc1N. The molecule has 0 bridgehead atoms. The molecule has 0 aliphatic heterocycles. The maximum Gasteiger partial charge on any atom is 0.281 e. The van der Waals surface area contributed by atoms with E-state index in [1.54, 1.807) is 12.1 Å². The van der Waals surface area contributed by atoms with Crippen LogP contribution in [0.2, 0.25) is 0 Å². The Morgan fingerprint density at radius 3 is 2.76 bits per heavy atom. The van der Waals surface area contributed by atoms with Crippen molar-refractivity contribution in [3.05, 3.63) is 35.4 Å². The number of hydrogen-bond acceptors (Lipinski definition) is 3. The fourth-order valence-electron chi connectivity index (χ4n) is 1.61. The number of anilines is 1. The van der Waals surface area contributed by atoms with Crippen LogP contribution in [0, 0.1) is 6.92 Å². The van der Waals surface area contributed by atoms with Crippen molar-refractivity contribution in [1.82, 2.24) is 10.1 Å². The summed E-state index contributed by atoms with van der Waals surface area (Å²) in [5, 5.41) is 0.822. The lowest BCUT2D eigenvalue weighted by Gasteiger charge is -2.07. The molecule has 2 N–H and O–H groups in total. The van der Waals surface area contributed by atoms with Crippen molar-refractivity contribution in [3.8, 4) is 0 Å². The van der Waals surface area contributed by atoms with E-state index in [4.69, 9.17) is 5.73 Å². The summed E-state index contributed by atoms with van der Waals surface area (Å²) in [5.74, 6) is -0.222. The van der Waals surface area contributed by atoms with Crippen LogP contribution in [0.25, 0.3) is 10.9 Å². The third-order valence-corrected chi connectivity index (χ3v) is 2.57. The molecule has 1 aromatic heterocycles. The molecule has 2 aromatic rings. The zero-order valence-corrected chi connectivity index (χ0v) is 9.57. The van der Waals surface area contributed by atoms with Crippen LogP contribution in [0.5, 0.6) is 0 Å². The monoisotopic (exact) mass is 233 g/mol. The number of pyridine rings is 1. The molecule has 0 fully saturated rings. The van der Waals surface area contributed by atoms with Gasteiger partial charge in [-0.2, -0.15) is 5.12 Å². The maximum absolute atomic E-state index is 12.8. The van der Waals surface area contributed by atoms with Gasteiger partial charge in [0.15, 0.2) is 0 Å². The molecular weight excluding hydrogens is 221 g/mol. The molecule has 88 valence electrons. The highest BCUT2D eigenvalue weighted by Crippen LogP contribution is 2.19. The van der Waals surface area contributed by atoms with E-state index in [-0.39, 0.29) is 10.7 Å². The first kappa shape index (κ1) is 11.3. The van der Waals surface area contributed by atoms with Gasteiger partial charge >= 0.3 is 0 Å². The van der Waals surface area contributed by atoms with Gasteiger partial charge in [0.2, 0.25) is 0 Å². The molecule has 1 heterocycles. The van der Waals surface area contributed by atoms with E-state index in [0.717, 1.165) is 18.0 Å². The first-order chi connectivity index (χ1) is 7.99. The first-order valence-corrected chi connectivity index (χ1v) is 5.10. The van der Waals surface area contributed by atoms with E-state index in [1.807, 2.05) is 13.0 Å². The van der Waals surface area contributed by atoms with Gasteiger partial charge in [-0.25, -0.2) is 4.98 Å². The molecule has 0 atom stereocenters. The normalized spacial score (nSPS) is 10.5. The van der Waals surface area contributed by atoms with E-state index in [9.17, 15) is 9.28 Å². The number of amides is 1. The minimum atomic E-state index is -0.679. The Labute approximate surface area is 97.8 Å². The number of nitrogens with two attached hydrogens (primary N) is 1. The summed E-state index contributed by atoms with van der Waals surface area (Å²) in [4.78, 5) is 15.6. The van der Waals surface area contributed by atoms with Crippen LogP contribution in [0.1, 0.15) is 15.9 Å². The number of hydrogen-bond donors (Lipinski definition) is 1. The molecular formula is C12H12FN3O. The molecule has 0 saturated heterocycles. The summed E-state index contributed by atoms with van der Waals surface area (Å²) in [7, 11) is 1.07. The molecule has 0 unspecified atom stereocenters. The number of fused-ring (bicyclic) bond motifs is 1. The molecule has 0 saturated carbocycles. The topological polar surface area (TPSA) is 59.2 Å².